The Kier molecular flexibility index (Phi) is 6.64. The Morgan fingerprint density at radius 1 is 1.50 bits per heavy atom. The van der Waals surface area contributed by atoms with E-state index >= 15 is 0 Å². The van der Waals surface area contributed by atoms with Crippen LogP contribution in [-0.4, -0.2) is 25.4 Å². The van der Waals surface area contributed by atoms with Gasteiger partial charge in [0, 0.05) is 18.3 Å². The van der Waals surface area contributed by atoms with Crippen LogP contribution in [0.25, 0.3) is 0 Å². The third-order valence-corrected chi connectivity index (χ3v) is 2.42. The molecule has 0 atom stereocenters. The standard InChI is InChI=1S/C13H18N2O2S/c1-3-17-9-5-8-14-13(18)15-11-6-4-7-12(10-11)16-2/h3-4,6-7,10H,1,5,8-9H2,2H3,(H2,14,15,18). The van der Waals surface area contributed by atoms with Gasteiger partial charge in [0.25, 0.3) is 0 Å². The number of methoxy groups -OCH3 is 1. The summed E-state index contributed by atoms with van der Waals surface area (Å²) in [7, 11) is 1.63. The number of hydrogen-bond donors (Lipinski definition) is 2. The summed E-state index contributed by atoms with van der Waals surface area (Å²) in [6.45, 7) is 4.86. The molecule has 0 aliphatic heterocycles. The van der Waals surface area contributed by atoms with E-state index in [4.69, 9.17) is 21.7 Å². The molecule has 1 aromatic carbocycles. The Morgan fingerprint density at radius 3 is 3.06 bits per heavy atom. The average molecular weight is 266 g/mol. The monoisotopic (exact) mass is 266 g/mol. The van der Waals surface area contributed by atoms with Crippen LogP contribution in [0.2, 0.25) is 0 Å². The van der Waals surface area contributed by atoms with Crippen LogP contribution >= 0.6 is 12.2 Å². The third-order valence-electron chi connectivity index (χ3n) is 2.17. The molecule has 0 unspecified atom stereocenters. The van der Waals surface area contributed by atoms with Crippen molar-refractivity contribution in [3.8, 4) is 5.75 Å². The molecule has 0 fully saturated rings. The first-order valence-corrected chi connectivity index (χ1v) is 6.08. The minimum absolute atomic E-state index is 0.585. The van der Waals surface area contributed by atoms with E-state index in [9.17, 15) is 0 Å². The maximum atomic E-state index is 5.17. The van der Waals surface area contributed by atoms with Gasteiger partial charge in [-0.2, -0.15) is 0 Å². The van der Waals surface area contributed by atoms with Crippen LogP contribution in [0.4, 0.5) is 5.69 Å². The molecule has 0 radical (unpaired) electrons. The summed E-state index contributed by atoms with van der Waals surface area (Å²) in [4.78, 5) is 0. The SMILES string of the molecule is C=COCCCNC(=S)Nc1cccc(OC)c1. The zero-order valence-electron chi connectivity index (χ0n) is 10.4. The lowest BCUT2D eigenvalue weighted by molar-refractivity contribution is 0.247. The Bertz CT molecular complexity index is 396. The predicted molar refractivity (Wildman–Crippen MR) is 78.0 cm³/mol. The van der Waals surface area contributed by atoms with Gasteiger partial charge in [0.05, 0.1) is 20.0 Å². The molecule has 98 valence electrons. The number of thiocarbonyl (C=S) groups is 1. The van der Waals surface area contributed by atoms with Gasteiger partial charge in [-0.15, -0.1) is 0 Å². The number of anilines is 1. The van der Waals surface area contributed by atoms with Crippen molar-refractivity contribution in [3.05, 3.63) is 37.1 Å². The largest absolute Gasteiger partial charge is 0.502 e. The van der Waals surface area contributed by atoms with Crippen LogP contribution in [0.5, 0.6) is 5.75 Å². The van der Waals surface area contributed by atoms with E-state index in [1.807, 2.05) is 24.3 Å². The molecule has 0 aromatic heterocycles. The molecule has 5 heteroatoms. The van der Waals surface area contributed by atoms with Gasteiger partial charge in [0.1, 0.15) is 5.75 Å². The van der Waals surface area contributed by atoms with Gasteiger partial charge in [-0.25, -0.2) is 0 Å². The smallest absolute Gasteiger partial charge is 0.170 e. The minimum atomic E-state index is 0.585. The topological polar surface area (TPSA) is 42.5 Å². The van der Waals surface area contributed by atoms with E-state index in [1.54, 1.807) is 7.11 Å². The summed E-state index contributed by atoms with van der Waals surface area (Å²) >= 11 is 5.17. The Labute approximate surface area is 113 Å². The van der Waals surface area contributed by atoms with Gasteiger partial charge in [-0.05, 0) is 30.8 Å². The Balaban J connectivity index is 2.28. The quantitative estimate of drug-likeness (QED) is 0.451. The van der Waals surface area contributed by atoms with E-state index in [0.29, 0.717) is 11.7 Å². The molecule has 1 rings (SSSR count). The zero-order valence-corrected chi connectivity index (χ0v) is 11.3. The van der Waals surface area contributed by atoms with Crippen molar-refractivity contribution in [2.45, 2.75) is 6.42 Å². The van der Waals surface area contributed by atoms with Crippen molar-refractivity contribution in [3.63, 3.8) is 0 Å². The number of rotatable bonds is 7. The lowest BCUT2D eigenvalue weighted by Crippen LogP contribution is -2.29. The van der Waals surface area contributed by atoms with Gasteiger partial charge in [-0.1, -0.05) is 12.6 Å². The second-order valence-electron chi connectivity index (χ2n) is 3.50. The van der Waals surface area contributed by atoms with Crippen molar-refractivity contribution >= 4 is 23.0 Å². The van der Waals surface area contributed by atoms with Crippen LogP contribution in [-0.2, 0) is 4.74 Å². The van der Waals surface area contributed by atoms with E-state index in [2.05, 4.69) is 17.2 Å². The minimum Gasteiger partial charge on any atom is -0.502 e. The molecule has 0 aliphatic carbocycles. The van der Waals surface area contributed by atoms with Gasteiger partial charge < -0.3 is 20.1 Å². The Morgan fingerprint density at radius 2 is 2.33 bits per heavy atom. The van der Waals surface area contributed by atoms with Gasteiger partial charge >= 0.3 is 0 Å². The zero-order chi connectivity index (χ0) is 13.2. The highest BCUT2D eigenvalue weighted by molar-refractivity contribution is 7.80. The molecule has 2 N–H and O–H groups in total. The fourth-order valence-electron chi connectivity index (χ4n) is 1.32. The summed E-state index contributed by atoms with van der Waals surface area (Å²) in [6.07, 6.45) is 2.30. The average Bonchev–Trinajstić information content (AvgIpc) is 2.38. The van der Waals surface area contributed by atoms with Crippen LogP contribution in [0.1, 0.15) is 6.42 Å². The van der Waals surface area contributed by atoms with Crippen molar-refractivity contribution in [1.82, 2.24) is 5.32 Å². The number of ether oxygens (including phenoxy) is 2. The van der Waals surface area contributed by atoms with E-state index in [0.717, 1.165) is 24.4 Å². The number of hydrogen-bond acceptors (Lipinski definition) is 3. The van der Waals surface area contributed by atoms with Crippen LogP contribution in [0.3, 0.4) is 0 Å². The molecule has 0 saturated heterocycles. The summed E-state index contributed by atoms with van der Waals surface area (Å²) in [5.74, 6) is 0.794. The molecule has 1 aromatic rings. The summed E-state index contributed by atoms with van der Waals surface area (Å²) in [5.41, 5.74) is 0.897. The highest BCUT2D eigenvalue weighted by Crippen LogP contribution is 2.16. The van der Waals surface area contributed by atoms with Crippen molar-refractivity contribution in [2.24, 2.45) is 0 Å². The molecule has 4 nitrogen and oxygen atoms in total. The molecule has 18 heavy (non-hydrogen) atoms. The maximum absolute atomic E-state index is 5.17. The number of benzene rings is 1. The predicted octanol–water partition coefficient (Wildman–Crippen LogP) is 2.53. The lowest BCUT2D eigenvalue weighted by atomic mass is 10.3. The third kappa shape index (κ3) is 5.54. The highest BCUT2D eigenvalue weighted by atomic mass is 32.1. The van der Waals surface area contributed by atoms with Crippen molar-refractivity contribution in [2.75, 3.05) is 25.6 Å². The fraction of sp³-hybridized carbons (Fsp3) is 0.308. The van der Waals surface area contributed by atoms with Crippen LogP contribution in [0, 0.1) is 0 Å². The van der Waals surface area contributed by atoms with E-state index in [1.165, 1.54) is 6.26 Å². The molecular weight excluding hydrogens is 248 g/mol. The Hall–Kier alpha value is -1.75. The molecule has 0 heterocycles. The van der Waals surface area contributed by atoms with Crippen molar-refractivity contribution < 1.29 is 9.47 Å². The van der Waals surface area contributed by atoms with Gasteiger partial charge in [0.2, 0.25) is 0 Å². The fourth-order valence-corrected chi connectivity index (χ4v) is 1.54. The second kappa shape index (κ2) is 8.36. The number of nitrogens with one attached hydrogen (secondary N) is 2. The van der Waals surface area contributed by atoms with Gasteiger partial charge in [-0.3, -0.25) is 0 Å². The van der Waals surface area contributed by atoms with E-state index < -0.39 is 0 Å². The van der Waals surface area contributed by atoms with Crippen LogP contribution in [0.15, 0.2) is 37.1 Å². The van der Waals surface area contributed by atoms with E-state index in [-0.39, 0.29) is 0 Å². The first-order valence-electron chi connectivity index (χ1n) is 5.67. The highest BCUT2D eigenvalue weighted by Gasteiger charge is 1.98. The molecule has 0 bridgehead atoms. The normalized spacial score (nSPS) is 9.39. The van der Waals surface area contributed by atoms with Gasteiger partial charge in [0.15, 0.2) is 5.11 Å². The summed E-state index contributed by atoms with van der Waals surface area (Å²) < 4.78 is 10.1. The molecular formula is C13H18N2O2S. The molecule has 0 spiro atoms. The molecule has 0 amide bonds. The van der Waals surface area contributed by atoms with Crippen LogP contribution < -0.4 is 15.4 Å². The van der Waals surface area contributed by atoms with Crippen molar-refractivity contribution in [1.29, 1.82) is 0 Å². The second-order valence-corrected chi connectivity index (χ2v) is 3.91. The molecule has 0 aliphatic rings. The first kappa shape index (κ1) is 14.3. The summed E-state index contributed by atoms with van der Waals surface area (Å²) in [6, 6.07) is 7.60. The molecule has 0 saturated carbocycles. The first-order chi connectivity index (χ1) is 8.76. The lowest BCUT2D eigenvalue weighted by Gasteiger charge is -2.11. The summed E-state index contributed by atoms with van der Waals surface area (Å²) in [5, 5.41) is 6.76. The maximum Gasteiger partial charge on any atom is 0.170 e.